The molecule has 0 unspecified atom stereocenters. The smallest absolute Gasteiger partial charge is 0.0159 e. The Morgan fingerprint density at radius 1 is 0.174 bits per heavy atom. The normalized spacial score (nSPS) is 13.3. The minimum absolute atomic E-state index is 0.0363. The van der Waals surface area contributed by atoms with Gasteiger partial charge in [0.15, 0.2) is 0 Å². The first-order chi connectivity index (χ1) is 42.2. The minimum atomic E-state index is -0.0450. The van der Waals surface area contributed by atoms with Crippen LogP contribution in [0.2, 0.25) is 0 Å². The van der Waals surface area contributed by atoms with Crippen LogP contribution in [0, 0.1) is 0 Å². The average molecular weight is 1100 g/mol. The molecule has 0 bridgehead atoms. The standard InChI is InChI=1S/C45H32.C41H30/c1-45(2)41-21-10-9-16-35(41)36-25-24-34(28-42(36)45)44-39-19-7-5-17-37(39)43(38-18-6-8-20-40(38)44)33-15-11-14-31(27-33)32-23-22-29-12-3-4-13-30(29)26-32;1-41(2)37-22-11-10-17-31(37)32-24-23-30(26-38(32)41)40-35-20-8-6-18-33(35)39(34-19-7-9-21-36(34)40)29-16-12-15-28(25-29)27-13-4-3-5-14-27/h3-28H,1-2H3;3-26H,1-2H3. The molecule has 0 saturated carbocycles. The molecule has 0 aromatic heterocycles. The molecular formula is C86H62. The highest BCUT2D eigenvalue weighted by molar-refractivity contribution is 6.23. The average Bonchev–Trinajstić information content (AvgIpc) is 1.81. The van der Waals surface area contributed by atoms with Crippen molar-refractivity contribution in [1.82, 2.24) is 0 Å². The predicted octanol–water partition coefficient (Wildman–Crippen LogP) is 23.8. The molecule has 0 amide bonds. The minimum Gasteiger partial charge on any atom is -0.0622 e. The van der Waals surface area contributed by atoms with E-state index in [4.69, 9.17) is 0 Å². The van der Waals surface area contributed by atoms with Crippen LogP contribution in [0.15, 0.2) is 303 Å². The second-order valence-electron chi connectivity index (χ2n) is 24.6. The lowest BCUT2D eigenvalue weighted by atomic mass is 9.80. The van der Waals surface area contributed by atoms with Gasteiger partial charge in [0.2, 0.25) is 0 Å². The van der Waals surface area contributed by atoms with Crippen LogP contribution in [0.5, 0.6) is 0 Å². The summed E-state index contributed by atoms with van der Waals surface area (Å²) in [4.78, 5) is 0. The zero-order valence-electron chi connectivity index (χ0n) is 48.9. The molecule has 86 heavy (non-hydrogen) atoms. The van der Waals surface area contributed by atoms with Crippen LogP contribution in [0.1, 0.15) is 49.9 Å². The molecule has 0 atom stereocenters. The second-order valence-corrected chi connectivity index (χ2v) is 24.6. The molecule has 0 heterocycles. The first-order valence-corrected chi connectivity index (χ1v) is 30.3. The Hall–Kier alpha value is -10.4. The van der Waals surface area contributed by atoms with E-state index in [-0.39, 0.29) is 10.8 Å². The summed E-state index contributed by atoms with van der Waals surface area (Å²) < 4.78 is 0. The summed E-state index contributed by atoms with van der Waals surface area (Å²) in [5.74, 6) is 0. The van der Waals surface area contributed by atoms with E-state index in [1.165, 1.54) is 165 Å². The number of hydrogen-bond donors (Lipinski definition) is 0. The lowest BCUT2D eigenvalue weighted by Crippen LogP contribution is -2.14. The molecule has 0 saturated heterocycles. The SMILES string of the molecule is CC1(C)c2ccccc2-c2ccc(-c3c4ccccc4c(-c4cccc(-c5ccc6ccccc6c5)c4)c4ccccc34)cc21.CC1(C)c2ccccc2-c2ccc(-c3c4ccccc4c(-c4cccc(-c5ccccc5)c4)c4ccccc34)cc21. The van der Waals surface area contributed by atoms with Crippen LogP contribution in [0.3, 0.4) is 0 Å². The van der Waals surface area contributed by atoms with Gasteiger partial charge in [-0.2, -0.15) is 0 Å². The van der Waals surface area contributed by atoms with Crippen LogP contribution in [0.4, 0.5) is 0 Å². The third-order valence-electron chi connectivity index (χ3n) is 19.1. The molecule has 0 radical (unpaired) electrons. The molecule has 0 N–H and O–H groups in total. The van der Waals surface area contributed by atoms with E-state index in [0.29, 0.717) is 0 Å². The molecule has 2 aliphatic carbocycles. The quantitative estimate of drug-likeness (QED) is 0.146. The Bertz CT molecular complexity index is 5110. The first kappa shape index (κ1) is 51.3. The molecule has 0 aliphatic heterocycles. The molecule has 2 aliphatic rings. The highest BCUT2D eigenvalue weighted by atomic mass is 14.4. The van der Waals surface area contributed by atoms with E-state index in [1.807, 2.05) is 0 Å². The highest BCUT2D eigenvalue weighted by Crippen LogP contribution is 2.54. The molecule has 406 valence electrons. The molecule has 15 aromatic rings. The third kappa shape index (κ3) is 8.19. The Balaban J connectivity index is 0.000000140. The van der Waals surface area contributed by atoms with Gasteiger partial charge in [0.25, 0.3) is 0 Å². The first-order valence-electron chi connectivity index (χ1n) is 30.3. The van der Waals surface area contributed by atoms with E-state index in [1.54, 1.807) is 0 Å². The summed E-state index contributed by atoms with van der Waals surface area (Å²) in [5.41, 5.74) is 26.2. The van der Waals surface area contributed by atoms with Crippen LogP contribution in [-0.2, 0) is 10.8 Å². The number of hydrogen-bond acceptors (Lipinski definition) is 0. The summed E-state index contributed by atoms with van der Waals surface area (Å²) in [7, 11) is 0. The van der Waals surface area contributed by atoms with Gasteiger partial charge >= 0.3 is 0 Å². The van der Waals surface area contributed by atoms with Gasteiger partial charge in [0.1, 0.15) is 0 Å². The zero-order valence-corrected chi connectivity index (χ0v) is 48.9. The number of rotatable bonds is 6. The molecule has 0 nitrogen and oxygen atoms in total. The third-order valence-corrected chi connectivity index (χ3v) is 19.1. The summed E-state index contributed by atoms with van der Waals surface area (Å²) in [6.07, 6.45) is 0. The van der Waals surface area contributed by atoms with Crippen molar-refractivity contribution in [2.75, 3.05) is 0 Å². The molecule has 0 fully saturated rings. The molecule has 0 spiro atoms. The molecular weight excluding hydrogens is 1030 g/mol. The van der Waals surface area contributed by atoms with Crippen molar-refractivity contribution in [1.29, 1.82) is 0 Å². The number of fused-ring (bicyclic) bond motifs is 11. The van der Waals surface area contributed by atoms with Crippen molar-refractivity contribution >= 4 is 53.9 Å². The molecule has 0 heteroatoms. The van der Waals surface area contributed by atoms with E-state index in [9.17, 15) is 0 Å². The van der Waals surface area contributed by atoms with Crippen LogP contribution in [-0.4, -0.2) is 0 Å². The summed E-state index contributed by atoms with van der Waals surface area (Å²) in [5, 5.41) is 12.8. The van der Waals surface area contributed by atoms with Gasteiger partial charge in [-0.15, -0.1) is 0 Å². The molecule has 15 aromatic carbocycles. The number of benzene rings is 15. The second kappa shape index (κ2) is 20.2. The largest absolute Gasteiger partial charge is 0.0622 e. The van der Waals surface area contributed by atoms with Crippen molar-refractivity contribution in [3.63, 3.8) is 0 Å². The maximum Gasteiger partial charge on any atom is 0.0159 e. The van der Waals surface area contributed by atoms with Crippen molar-refractivity contribution in [3.05, 3.63) is 326 Å². The van der Waals surface area contributed by atoms with Crippen LogP contribution >= 0.6 is 0 Å². The van der Waals surface area contributed by atoms with Gasteiger partial charge in [-0.3, -0.25) is 0 Å². The van der Waals surface area contributed by atoms with Crippen molar-refractivity contribution in [3.8, 4) is 89.0 Å². The van der Waals surface area contributed by atoms with Gasteiger partial charge in [0, 0.05) is 10.8 Å². The van der Waals surface area contributed by atoms with E-state index < -0.39 is 0 Å². The van der Waals surface area contributed by atoms with Crippen LogP contribution < -0.4 is 0 Å². The highest BCUT2D eigenvalue weighted by Gasteiger charge is 2.37. The Kier molecular flexibility index (Phi) is 12.0. The van der Waals surface area contributed by atoms with Gasteiger partial charge in [-0.05, 0) is 195 Å². The maximum atomic E-state index is 2.46. The lowest BCUT2D eigenvalue weighted by Gasteiger charge is -2.23. The van der Waals surface area contributed by atoms with E-state index in [2.05, 4.69) is 331 Å². The lowest BCUT2D eigenvalue weighted by molar-refractivity contribution is 0.660. The monoisotopic (exact) mass is 1090 g/mol. The van der Waals surface area contributed by atoms with Gasteiger partial charge < -0.3 is 0 Å². The maximum absolute atomic E-state index is 2.46. The zero-order chi connectivity index (χ0) is 57.7. The summed E-state index contributed by atoms with van der Waals surface area (Å²) in [6.45, 7) is 9.45. The topological polar surface area (TPSA) is 0 Å². The van der Waals surface area contributed by atoms with Crippen molar-refractivity contribution in [2.24, 2.45) is 0 Å². The van der Waals surface area contributed by atoms with Gasteiger partial charge in [-0.1, -0.05) is 301 Å². The van der Waals surface area contributed by atoms with E-state index in [0.717, 1.165) is 0 Å². The van der Waals surface area contributed by atoms with Gasteiger partial charge in [-0.25, -0.2) is 0 Å². The Morgan fingerprint density at radius 2 is 0.465 bits per heavy atom. The Labute approximate surface area is 504 Å². The van der Waals surface area contributed by atoms with Crippen molar-refractivity contribution in [2.45, 2.75) is 38.5 Å². The fourth-order valence-corrected chi connectivity index (χ4v) is 14.9. The van der Waals surface area contributed by atoms with Gasteiger partial charge in [0.05, 0.1) is 0 Å². The summed E-state index contributed by atoms with van der Waals surface area (Å²) in [6, 6.07) is 112. The van der Waals surface area contributed by atoms with E-state index >= 15 is 0 Å². The fourth-order valence-electron chi connectivity index (χ4n) is 14.9. The predicted molar refractivity (Wildman–Crippen MR) is 368 cm³/mol. The Morgan fingerprint density at radius 3 is 0.895 bits per heavy atom. The van der Waals surface area contributed by atoms with Crippen LogP contribution in [0.25, 0.3) is 143 Å². The van der Waals surface area contributed by atoms with Crippen molar-refractivity contribution < 1.29 is 0 Å². The fraction of sp³-hybridized carbons (Fsp3) is 0.0698. The summed E-state index contributed by atoms with van der Waals surface area (Å²) >= 11 is 0. The molecule has 17 rings (SSSR count).